The number of aromatic nitrogens is 2. The van der Waals surface area contributed by atoms with E-state index < -0.39 is 11.2 Å². The molecule has 0 saturated carbocycles. The van der Waals surface area contributed by atoms with Crippen LogP contribution in [0, 0.1) is 5.82 Å². The van der Waals surface area contributed by atoms with E-state index >= 15 is 0 Å². The molecule has 2 heterocycles. The van der Waals surface area contributed by atoms with Crippen molar-refractivity contribution in [2.45, 2.75) is 0 Å². The Balaban J connectivity index is 2.64. The summed E-state index contributed by atoms with van der Waals surface area (Å²) in [5.74, 6) is -0.786. The van der Waals surface area contributed by atoms with E-state index in [1.54, 1.807) is 18.3 Å². The fourth-order valence-corrected chi connectivity index (χ4v) is 1.19. The Labute approximate surface area is 79.3 Å². The molecule has 0 bridgehead atoms. The van der Waals surface area contributed by atoms with E-state index in [1.165, 1.54) is 12.4 Å². The molecule has 0 saturated heterocycles. The average molecular weight is 190 g/mol. The Morgan fingerprint density at radius 1 is 1.36 bits per heavy atom. The van der Waals surface area contributed by atoms with Crippen LogP contribution in [0.4, 0.5) is 4.39 Å². The molecule has 70 valence electrons. The molecule has 0 amide bonds. The van der Waals surface area contributed by atoms with Gasteiger partial charge in [-0.2, -0.15) is 0 Å². The van der Waals surface area contributed by atoms with Crippen LogP contribution in [0.3, 0.4) is 0 Å². The standard InChI is InChI=1S/C10H7FN2O/c11-9-6-13-5-8(10(9)14)7-2-1-3-12-4-7/h1-6H,(H,13,14). The molecule has 0 spiro atoms. The second-order valence-corrected chi connectivity index (χ2v) is 2.79. The maximum atomic E-state index is 12.9. The summed E-state index contributed by atoms with van der Waals surface area (Å²) in [5, 5.41) is 0. The van der Waals surface area contributed by atoms with Gasteiger partial charge in [0, 0.05) is 35.9 Å². The average Bonchev–Trinajstić information content (AvgIpc) is 2.23. The van der Waals surface area contributed by atoms with Crippen molar-refractivity contribution in [1.29, 1.82) is 0 Å². The third-order valence-electron chi connectivity index (χ3n) is 1.87. The Kier molecular flexibility index (Phi) is 2.10. The van der Waals surface area contributed by atoms with Gasteiger partial charge in [0.25, 0.3) is 0 Å². The molecular formula is C10H7FN2O. The maximum absolute atomic E-state index is 12.9. The lowest BCUT2D eigenvalue weighted by Crippen LogP contribution is -2.09. The fraction of sp³-hybridized carbons (Fsp3) is 0. The molecule has 14 heavy (non-hydrogen) atoms. The van der Waals surface area contributed by atoms with Crippen molar-refractivity contribution in [2.24, 2.45) is 0 Å². The van der Waals surface area contributed by atoms with Crippen LogP contribution in [-0.2, 0) is 0 Å². The highest BCUT2D eigenvalue weighted by atomic mass is 19.1. The number of pyridine rings is 2. The number of halogens is 1. The zero-order valence-electron chi connectivity index (χ0n) is 7.20. The predicted octanol–water partition coefficient (Wildman–Crippen LogP) is 1.58. The van der Waals surface area contributed by atoms with Crippen LogP contribution in [0.5, 0.6) is 0 Å². The van der Waals surface area contributed by atoms with Crippen LogP contribution in [0.15, 0.2) is 41.7 Å². The van der Waals surface area contributed by atoms with Crippen LogP contribution in [0.1, 0.15) is 0 Å². The summed E-state index contributed by atoms with van der Waals surface area (Å²) in [5.41, 5.74) is 0.281. The highest BCUT2D eigenvalue weighted by Crippen LogP contribution is 2.11. The van der Waals surface area contributed by atoms with E-state index in [9.17, 15) is 9.18 Å². The van der Waals surface area contributed by atoms with Crippen LogP contribution < -0.4 is 5.43 Å². The van der Waals surface area contributed by atoms with E-state index in [0.29, 0.717) is 5.56 Å². The lowest BCUT2D eigenvalue weighted by atomic mass is 10.1. The van der Waals surface area contributed by atoms with Crippen molar-refractivity contribution in [2.75, 3.05) is 0 Å². The van der Waals surface area contributed by atoms with Crippen LogP contribution in [-0.4, -0.2) is 9.97 Å². The number of aromatic amines is 1. The van der Waals surface area contributed by atoms with Crippen molar-refractivity contribution in [1.82, 2.24) is 9.97 Å². The third kappa shape index (κ3) is 1.42. The molecule has 4 heteroatoms. The summed E-state index contributed by atoms with van der Waals surface area (Å²) in [6.07, 6.45) is 5.60. The van der Waals surface area contributed by atoms with Gasteiger partial charge in [0.2, 0.25) is 5.43 Å². The van der Waals surface area contributed by atoms with Crippen molar-refractivity contribution in [3.8, 4) is 11.1 Å². The maximum Gasteiger partial charge on any atom is 0.224 e. The van der Waals surface area contributed by atoms with Gasteiger partial charge in [-0.15, -0.1) is 0 Å². The van der Waals surface area contributed by atoms with Crippen molar-refractivity contribution >= 4 is 0 Å². The molecule has 0 aliphatic rings. The molecule has 2 aromatic rings. The first-order chi connectivity index (χ1) is 6.79. The van der Waals surface area contributed by atoms with Gasteiger partial charge in [-0.1, -0.05) is 6.07 Å². The largest absolute Gasteiger partial charge is 0.364 e. The predicted molar refractivity (Wildman–Crippen MR) is 50.3 cm³/mol. The van der Waals surface area contributed by atoms with Crippen molar-refractivity contribution in [3.63, 3.8) is 0 Å². The number of rotatable bonds is 1. The summed E-state index contributed by atoms with van der Waals surface area (Å²) in [4.78, 5) is 17.8. The topological polar surface area (TPSA) is 45.8 Å². The number of hydrogen-bond acceptors (Lipinski definition) is 2. The van der Waals surface area contributed by atoms with Gasteiger partial charge in [0.05, 0.1) is 0 Å². The van der Waals surface area contributed by atoms with Gasteiger partial charge in [0.1, 0.15) is 0 Å². The Morgan fingerprint density at radius 3 is 2.93 bits per heavy atom. The first kappa shape index (κ1) is 8.62. The second-order valence-electron chi connectivity index (χ2n) is 2.79. The minimum atomic E-state index is -0.786. The molecule has 0 aliphatic heterocycles. The van der Waals surface area contributed by atoms with Crippen LogP contribution >= 0.6 is 0 Å². The first-order valence-electron chi connectivity index (χ1n) is 4.06. The monoisotopic (exact) mass is 190 g/mol. The lowest BCUT2D eigenvalue weighted by Gasteiger charge is -1.98. The molecule has 3 nitrogen and oxygen atoms in total. The quantitative estimate of drug-likeness (QED) is 0.741. The normalized spacial score (nSPS) is 10.1. The van der Waals surface area contributed by atoms with Crippen molar-refractivity contribution < 1.29 is 4.39 Å². The van der Waals surface area contributed by atoms with E-state index in [-0.39, 0.29) is 5.56 Å². The summed E-state index contributed by atoms with van der Waals surface area (Å²) >= 11 is 0. The molecule has 1 N–H and O–H groups in total. The highest BCUT2D eigenvalue weighted by molar-refractivity contribution is 5.60. The summed E-state index contributed by atoms with van der Waals surface area (Å²) in [7, 11) is 0. The lowest BCUT2D eigenvalue weighted by molar-refractivity contribution is 0.612. The molecule has 0 aromatic carbocycles. The number of H-pyrrole nitrogens is 1. The molecular weight excluding hydrogens is 183 g/mol. The SMILES string of the molecule is O=c1c(F)c[nH]cc1-c1cccnc1. The molecule has 0 radical (unpaired) electrons. The Bertz CT molecular complexity index is 493. The molecule has 0 unspecified atom stereocenters. The second kappa shape index (κ2) is 3.41. The highest BCUT2D eigenvalue weighted by Gasteiger charge is 2.06. The number of nitrogens with zero attached hydrogens (tertiary/aromatic N) is 1. The summed E-state index contributed by atoms with van der Waals surface area (Å²) < 4.78 is 12.9. The molecule has 0 fully saturated rings. The molecule has 2 aromatic heterocycles. The van der Waals surface area contributed by atoms with Gasteiger partial charge >= 0.3 is 0 Å². The number of hydrogen-bond donors (Lipinski definition) is 1. The minimum absolute atomic E-state index is 0.290. The van der Waals surface area contributed by atoms with Gasteiger partial charge < -0.3 is 4.98 Å². The smallest absolute Gasteiger partial charge is 0.224 e. The van der Waals surface area contributed by atoms with Crippen molar-refractivity contribution in [3.05, 3.63) is 53.0 Å². The zero-order chi connectivity index (χ0) is 9.97. The van der Waals surface area contributed by atoms with Gasteiger partial charge in [-0.25, -0.2) is 4.39 Å². The Morgan fingerprint density at radius 2 is 2.21 bits per heavy atom. The number of nitrogens with one attached hydrogen (secondary N) is 1. The fourth-order valence-electron chi connectivity index (χ4n) is 1.19. The minimum Gasteiger partial charge on any atom is -0.364 e. The molecule has 2 rings (SSSR count). The summed E-state index contributed by atoms with van der Waals surface area (Å²) in [6, 6.07) is 3.40. The summed E-state index contributed by atoms with van der Waals surface area (Å²) in [6.45, 7) is 0. The molecule has 0 atom stereocenters. The van der Waals surface area contributed by atoms with Gasteiger partial charge in [-0.05, 0) is 6.07 Å². The van der Waals surface area contributed by atoms with Gasteiger partial charge in [0.15, 0.2) is 5.82 Å². The third-order valence-corrected chi connectivity index (χ3v) is 1.87. The first-order valence-corrected chi connectivity index (χ1v) is 4.06. The Hall–Kier alpha value is -1.97. The van der Waals surface area contributed by atoms with E-state index in [1.807, 2.05) is 0 Å². The van der Waals surface area contributed by atoms with E-state index in [4.69, 9.17) is 0 Å². The van der Waals surface area contributed by atoms with Gasteiger partial charge in [-0.3, -0.25) is 9.78 Å². The van der Waals surface area contributed by atoms with E-state index in [0.717, 1.165) is 6.20 Å². The molecule has 0 aliphatic carbocycles. The zero-order valence-corrected chi connectivity index (χ0v) is 7.20. The van der Waals surface area contributed by atoms with Crippen LogP contribution in [0.2, 0.25) is 0 Å². The van der Waals surface area contributed by atoms with E-state index in [2.05, 4.69) is 9.97 Å². The van der Waals surface area contributed by atoms with Crippen LogP contribution in [0.25, 0.3) is 11.1 Å².